The summed E-state index contributed by atoms with van der Waals surface area (Å²) in [6, 6.07) is 0. The van der Waals surface area contributed by atoms with Crippen molar-refractivity contribution in [3.05, 3.63) is 0 Å². The fourth-order valence-corrected chi connectivity index (χ4v) is 7.13. The van der Waals surface area contributed by atoms with Gasteiger partial charge in [-0.05, 0) is 85.9 Å². The average Bonchev–Trinajstić information content (AvgIpc) is 2.49. The van der Waals surface area contributed by atoms with Gasteiger partial charge >= 0.3 is 0 Å². The van der Waals surface area contributed by atoms with Crippen LogP contribution < -0.4 is 0 Å². The van der Waals surface area contributed by atoms with E-state index in [0.717, 1.165) is 36.5 Å². The van der Waals surface area contributed by atoms with Crippen LogP contribution in [-0.4, -0.2) is 5.78 Å². The summed E-state index contributed by atoms with van der Waals surface area (Å²) in [4.78, 5) is 13.6. The standard InChI is InChI=1S/C23H40O/c1-7-23(14-21(24)22(6,16(4)5)13-15(2)3)19-9-17-8-18(11-19)12-20(23)10-17/h15-20H,7-14H2,1-6H3. The summed E-state index contributed by atoms with van der Waals surface area (Å²) in [7, 11) is 0. The molecule has 0 radical (unpaired) electrons. The van der Waals surface area contributed by atoms with Crippen LogP contribution in [-0.2, 0) is 4.79 Å². The molecular weight excluding hydrogens is 292 g/mol. The molecule has 4 saturated carbocycles. The Kier molecular flexibility index (Phi) is 4.95. The van der Waals surface area contributed by atoms with E-state index < -0.39 is 0 Å². The number of Topliss-reactive ketones (excluding diaryl/α,β-unsaturated/α-hetero) is 1. The minimum Gasteiger partial charge on any atom is -0.299 e. The molecule has 0 aliphatic heterocycles. The molecule has 1 unspecified atom stereocenters. The maximum atomic E-state index is 13.6. The van der Waals surface area contributed by atoms with Crippen molar-refractivity contribution in [2.75, 3.05) is 0 Å². The van der Waals surface area contributed by atoms with E-state index in [1.54, 1.807) is 0 Å². The fourth-order valence-electron chi connectivity index (χ4n) is 7.13. The SMILES string of the molecule is CCC1(CC(=O)C(C)(CC(C)C)C(C)C)C2CC3CC(C2)CC1C3. The molecule has 0 aromatic carbocycles. The second-order valence-electron chi connectivity index (χ2n) is 10.7. The third kappa shape index (κ3) is 2.88. The van der Waals surface area contributed by atoms with Gasteiger partial charge in [-0.25, -0.2) is 0 Å². The molecule has 0 heterocycles. The minimum atomic E-state index is -0.134. The summed E-state index contributed by atoms with van der Waals surface area (Å²) in [5.74, 6) is 5.30. The third-order valence-electron chi connectivity index (χ3n) is 8.66. The second-order valence-corrected chi connectivity index (χ2v) is 10.7. The topological polar surface area (TPSA) is 17.1 Å². The van der Waals surface area contributed by atoms with Crippen LogP contribution in [0.2, 0.25) is 0 Å². The lowest BCUT2D eigenvalue weighted by molar-refractivity contribution is -0.150. The molecule has 138 valence electrons. The monoisotopic (exact) mass is 332 g/mol. The van der Waals surface area contributed by atoms with Gasteiger partial charge in [0.2, 0.25) is 0 Å². The van der Waals surface area contributed by atoms with Crippen LogP contribution in [0.15, 0.2) is 0 Å². The lowest BCUT2D eigenvalue weighted by atomic mass is 9.43. The van der Waals surface area contributed by atoms with Gasteiger partial charge in [-0.1, -0.05) is 41.5 Å². The first-order chi connectivity index (χ1) is 11.2. The fraction of sp³-hybridized carbons (Fsp3) is 0.957. The zero-order valence-electron chi connectivity index (χ0n) is 17.0. The van der Waals surface area contributed by atoms with Crippen LogP contribution >= 0.6 is 0 Å². The van der Waals surface area contributed by atoms with Crippen molar-refractivity contribution >= 4 is 5.78 Å². The number of rotatable bonds is 7. The Morgan fingerprint density at radius 1 is 1.00 bits per heavy atom. The summed E-state index contributed by atoms with van der Waals surface area (Å²) in [5.41, 5.74) is 0.211. The molecule has 4 fully saturated rings. The molecule has 0 aromatic rings. The lowest BCUT2D eigenvalue weighted by Gasteiger charge is -2.62. The van der Waals surface area contributed by atoms with E-state index in [-0.39, 0.29) is 5.41 Å². The molecule has 0 saturated heterocycles. The van der Waals surface area contributed by atoms with Crippen molar-refractivity contribution < 1.29 is 4.79 Å². The van der Waals surface area contributed by atoms with Gasteiger partial charge in [0.05, 0.1) is 0 Å². The highest BCUT2D eigenvalue weighted by atomic mass is 16.1. The number of carbonyl (C=O) groups is 1. The van der Waals surface area contributed by atoms with Crippen LogP contribution in [0.4, 0.5) is 0 Å². The van der Waals surface area contributed by atoms with Gasteiger partial charge in [-0.2, -0.15) is 0 Å². The van der Waals surface area contributed by atoms with E-state index >= 15 is 0 Å². The van der Waals surface area contributed by atoms with Gasteiger partial charge in [0, 0.05) is 11.8 Å². The lowest BCUT2D eigenvalue weighted by Crippen LogP contribution is -2.54. The summed E-state index contributed by atoms with van der Waals surface area (Å²) < 4.78 is 0. The summed E-state index contributed by atoms with van der Waals surface area (Å²) >= 11 is 0. The highest BCUT2D eigenvalue weighted by molar-refractivity contribution is 5.85. The second kappa shape index (κ2) is 6.44. The van der Waals surface area contributed by atoms with Crippen LogP contribution in [0.25, 0.3) is 0 Å². The zero-order chi connectivity index (χ0) is 17.7. The van der Waals surface area contributed by atoms with Crippen molar-refractivity contribution in [3.63, 3.8) is 0 Å². The summed E-state index contributed by atoms with van der Waals surface area (Å²) in [6.45, 7) is 13.7. The first-order valence-corrected chi connectivity index (χ1v) is 10.7. The third-order valence-corrected chi connectivity index (χ3v) is 8.66. The predicted molar refractivity (Wildman–Crippen MR) is 102 cm³/mol. The smallest absolute Gasteiger partial charge is 0.139 e. The van der Waals surface area contributed by atoms with Crippen LogP contribution in [0, 0.1) is 46.3 Å². The van der Waals surface area contributed by atoms with E-state index in [4.69, 9.17) is 0 Å². The maximum Gasteiger partial charge on any atom is 0.139 e. The Morgan fingerprint density at radius 3 is 1.88 bits per heavy atom. The van der Waals surface area contributed by atoms with Crippen molar-refractivity contribution in [3.8, 4) is 0 Å². The molecule has 1 atom stereocenters. The Hall–Kier alpha value is -0.330. The quantitative estimate of drug-likeness (QED) is 0.519. The number of hydrogen-bond donors (Lipinski definition) is 0. The Labute approximate surface area is 150 Å². The molecule has 4 rings (SSSR count). The molecule has 1 nitrogen and oxygen atoms in total. The highest BCUT2D eigenvalue weighted by Gasteiger charge is 2.57. The summed E-state index contributed by atoms with van der Waals surface area (Å²) in [5, 5.41) is 0. The van der Waals surface area contributed by atoms with E-state index in [1.807, 2.05) is 0 Å². The molecule has 0 amide bonds. The Morgan fingerprint density at radius 2 is 1.50 bits per heavy atom. The van der Waals surface area contributed by atoms with Crippen LogP contribution in [0.5, 0.6) is 0 Å². The van der Waals surface area contributed by atoms with Gasteiger partial charge in [0.1, 0.15) is 5.78 Å². The molecule has 0 aromatic heterocycles. The van der Waals surface area contributed by atoms with Gasteiger partial charge < -0.3 is 0 Å². The maximum absolute atomic E-state index is 13.6. The molecule has 4 aliphatic rings. The van der Waals surface area contributed by atoms with E-state index in [9.17, 15) is 4.79 Å². The average molecular weight is 333 g/mol. The molecule has 0 spiro atoms. The molecule has 4 bridgehead atoms. The zero-order valence-corrected chi connectivity index (χ0v) is 17.0. The number of ketones is 1. The molecule has 4 aliphatic carbocycles. The summed E-state index contributed by atoms with van der Waals surface area (Å²) in [6.07, 6.45) is 10.4. The van der Waals surface area contributed by atoms with Gasteiger partial charge in [0.25, 0.3) is 0 Å². The number of hydrogen-bond acceptors (Lipinski definition) is 1. The van der Waals surface area contributed by atoms with Gasteiger partial charge in [-0.3, -0.25) is 4.79 Å². The normalized spacial score (nSPS) is 40.3. The molecule has 0 N–H and O–H groups in total. The van der Waals surface area contributed by atoms with Crippen LogP contribution in [0.1, 0.15) is 92.9 Å². The first kappa shape index (κ1) is 18.5. The number of carbonyl (C=O) groups excluding carboxylic acids is 1. The van der Waals surface area contributed by atoms with Crippen LogP contribution in [0.3, 0.4) is 0 Å². The Balaban J connectivity index is 1.83. The Bertz CT molecular complexity index is 446. The van der Waals surface area contributed by atoms with Gasteiger partial charge in [-0.15, -0.1) is 0 Å². The van der Waals surface area contributed by atoms with Gasteiger partial charge in [0.15, 0.2) is 0 Å². The molecular formula is C23H40O. The largest absolute Gasteiger partial charge is 0.299 e. The van der Waals surface area contributed by atoms with E-state index in [1.165, 1.54) is 38.5 Å². The van der Waals surface area contributed by atoms with E-state index in [2.05, 4.69) is 41.5 Å². The predicted octanol–water partition coefficient (Wildman–Crippen LogP) is 6.51. The van der Waals surface area contributed by atoms with Crippen molar-refractivity contribution in [2.45, 2.75) is 92.9 Å². The highest BCUT2D eigenvalue weighted by Crippen LogP contribution is 2.65. The first-order valence-electron chi connectivity index (χ1n) is 10.7. The van der Waals surface area contributed by atoms with Crippen molar-refractivity contribution in [2.24, 2.45) is 46.3 Å². The molecule has 24 heavy (non-hydrogen) atoms. The van der Waals surface area contributed by atoms with Crippen molar-refractivity contribution in [1.82, 2.24) is 0 Å². The van der Waals surface area contributed by atoms with Crippen molar-refractivity contribution in [1.29, 1.82) is 0 Å². The minimum absolute atomic E-state index is 0.134. The van der Waals surface area contributed by atoms with E-state index in [0.29, 0.717) is 23.0 Å². The molecule has 1 heteroatoms.